The smallest absolute Gasteiger partial charge is 0.150 e. The highest BCUT2D eigenvalue weighted by Gasteiger charge is 2.13. The van der Waals surface area contributed by atoms with Crippen LogP contribution in [0.3, 0.4) is 0 Å². The molecule has 4 rings (SSSR count). The SMILES string of the molecule is CCc1cc(CNCc2ccc(-c3cc(N4CCCC4)cnn3)cc2)on1. The van der Waals surface area contributed by atoms with Crippen LogP contribution in [0.1, 0.15) is 36.8 Å². The third kappa shape index (κ3) is 4.34. The Morgan fingerprint density at radius 1 is 1.07 bits per heavy atom. The van der Waals surface area contributed by atoms with E-state index in [9.17, 15) is 0 Å². The van der Waals surface area contributed by atoms with Crippen molar-refractivity contribution >= 4 is 5.69 Å². The third-order valence-corrected chi connectivity index (χ3v) is 4.96. The summed E-state index contributed by atoms with van der Waals surface area (Å²) in [6.07, 6.45) is 5.27. The lowest BCUT2D eigenvalue weighted by atomic mass is 10.1. The van der Waals surface area contributed by atoms with Gasteiger partial charge in [0.2, 0.25) is 0 Å². The van der Waals surface area contributed by atoms with E-state index in [-0.39, 0.29) is 0 Å². The standard InChI is InChI=1S/C21H25N5O/c1-2-18-11-20(27-25-18)15-22-13-16-5-7-17(8-6-16)21-12-19(14-23-24-21)26-9-3-4-10-26/h5-8,11-12,14,22H,2-4,9-10,13,15H2,1H3. The number of benzene rings is 1. The fourth-order valence-electron chi connectivity index (χ4n) is 3.37. The van der Waals surface area contributed by atoms with Crippen LogP contribution in [0.5, 0.6) is 0 Å². The highest BCUT2D eigenvalue weighted by molar-refractivity contribution is 5.64. The molecule has 6 heteroatoms. The number of hydrogen-bond acceptors (Lipinski definition) is 6. The zero-order valence-electron chi connectivity index (χ0n) is 15.7. The van der Waals surface area contributed by atoms with Gasteiger partial charge >= 0.3 is 0 Å². The van der Waals surface area contributed by atoms with Crippen molar-refractivity contribution in [3.63, 3.8) is 0 Å². The molecule has 2 aromatic heterocycles. The van der Waals surface area contributed by atoms with Crippen LogP contribution < -0.4 is 10.2 Å². The second-order valence-electron chi connectivity index (χ2n) is 6.93. The van der Waals surface area contributed by atoms with Crippen LogP contribution in [0.15, 0.2) is 47.1 Å². The van der Waals surface area contributed by atoms with Gasteiger partial charge in [0.15, 0.2) is 5.76 Å². The first-order valence-electron chi connectivity index (χ1n) is 9.64. The molecule has 1 saturated heterocycles. The summed E-state index contributed by atoms with van der Waals surface area (Å²) < 4.78 is 5.29. The van der Waals surface area contributed by atoms with Gasteiger partial charge in [0, 0.05) is 31.3 Å². The van der Waals surface area contributed by atoms with Gasteiger partial charge in [0.1, 0.15) is 0 Å². The lowest BCUT2D eigenvalue weighted by molar-refractivity contribution is 0.368. The Labute approximate surface area is 159 Å². The van der Waals surface area contributed by atoms with Crippen molar-refractivity contribution in [1.82, 2.24) is 20.7 Å². The molecule has 3 aromatic rings. The molecule has 0 amide bonds. The normalized spacial score (nSPS) is 14.0. The number of rotatable bonds is 7. The van der Waals surface area contributed by atoms with Crippen LogP contribution in [0.2, 0.25) is 0 Å². The van der Waals surface area contributed by atoms with Crippen LogP contribution in [-0.4, -0.2) is 28.4 Å². The van der Waals surface area contributed by atoms with E-state index in [4.69, 9.17) is 4.52 Å². The van der Waals surface area contributed by atoms with Crippen molar-refractivity contribution in [2.45, 2.75) is 39.3 Å². The van der Waals surface area contributed by atoms with Gasteiger partial charge in [-0.2, -0.15) is 10.2 Å². The Kier molecular flexibility index (Phi) is 5.44. The minimum Gasteiger partial charge on any atom is -0.370 e. The monoisotopic (exact) mass is 363 g/mol. The summed E-state index contributed by atoms with van der Waals surface area (Å²) in [5.41, 5.74) is 5.40. The largest absolute Gasteiger partial charge is 0.370 e. The number of aryl methyl sites for hydroxylation is 1. The number of nitrogens with one attached hydrogen (secondary N) is 1. The summed E-state index contributed by atoms with van der Waals surface area (Å²) in [4.78, 5) is 2.38. The molecule has 1 aromatic carbocycles. The number of aromatic nitrogens is 3. The predicted molar refractivity (Wildman–Crippen MR) is 105 cm³/mol. The summed E-state index contributed by atoms with van der Waals surface area (Å²) >= 11 is 0. The van der Waals surface area contributed by atoms with Crippen molar-refractivity contribution in [3.05, 3.63) is 59.6 Å². The molecule has 0 unspecified atom stereocenters. The quantitative estimate of drug-likeness (QED) is 0.692. The van der Waals surface area contributed by atoms with Crippen LogP contribution in [0.4, 0.5) is 5.69 Å². The zero-order valence-corrected chi connectivity index (χ0v) is 15.7. The molecule has 0 saturated carbocycles. The first-order chi connectivity index (χ1) is 13.3. The molecular weight excluding hydrogens is 338 g/mol. The summed E-state index contributed by atoms with van der Waals surface area (Å²) in [6.45, 7) is 5.75. The highest BCUT2D eigenvalue weighted by atomic mass is 16.5. The van der Waals surface area contributed by atoms with Crippen LogP contribution in [-0.2, 0) is 19.5 Å². The molecule has 0 aliphatic carbocycles. The fourth-order valence-corrected chi connectivity index (χ4v) is 3.37. The van der Waals surface area contributed by atoms with E-state index in [1.807, 2.05) is 12.3 Å². The molecule has 0 atom stereocenters. The topological polar surface area (TPSA) is 67.1 Å². The summed E-state index contributed by atoms with van der Waals surface area (Å²) in [6, 6.07) is 12.6. The van der Waals surface area contributed by atoms with Crippen molar-refractivity contribution in [2.75, 3.05) is 18.0 Å². The van der Waals surface area contributed by atoms with Gasteiger partial charge in [-0.1, -0.05) is 36.3 Å². The lowest BCUT2D eigenvalue weighted by Crippen LogP contribution is -2.17. The van der Waals surface area contributed by atoms with Crippen LogP contribution in [0, 0.1) is 0 Å². The molecule has 6 nitrogen and oxygen atoms in total. The van der Waals surface area contributed by atoms with Gasteiger partial charge in [0.05, 0.1) is 29.8 Å². The maximum Gasteiger partial charge on any atom is 0.150 e. The third-order valence-electron chi connectivity index (χ3n) is 4.96. The second-order valence-corrected chi connectivity index (χ2v) is 6.93. The number of anilines is 1. The van der Waals surface area contributed by atoms with E-state index >= 15 is 0 Å². The summed E-state index contributed by atoms with van der Waals surface area (Å²) in [5, 5.41) is 15.9. The average Bonchev–Trinajstić information content (AvgIpc) is 3.41. The van der Waals surface area contributed by atoms with Gasteiger partial charge < -0.3 is 14.7 Å². The van der Waals surface area contributed by atoms with E-state index in [1.165, 1.54) is 24.1 Å². The maximum atomic E-state index is 5.29. The van der Waals surface area contributed by atoms with E-state index in [0.29, 0.717) is 6.54 Å². The van der Waals surface area contributed by atoms with Gasteiger partial charge in [0.25, 0.3) is 0 Å². The van der Waals surface area contributed by atoms with Gasteiger partial charge in [-0.3, -0.25) is 0 Å². The number of nitrogens with zero attached hydrogens (tertiary/aromatic N) is 4. The van der Waals surface area contributed by atoms with E-state index in [2.05, 4.69) is 62.8 Å². The molecule has 1 N–H and O–H groups in total. The first kappa shape index (κ1) is 17.7. The molecule has 0 radical (unpaired) electrons. The van der Waals surface area contributed by atoms with E-state index < -0.39 is 0 Å². The summed E-state index contributed by atoms with van der Waals surface area (Å²) in [5.74, 6) is 0.873. The summed E-state index contributed by atoms with van der Waals surface area (Å²) in [7, 11) is 0. The molecule has 0 bridgehead atoms. The van der Waals surface area contributed by atoms with E-state index in [1.54, 1.807) is 0 Å². The van der Waals surface area contributed by atoms with Crippen molar-refractivity contribution < 1.29 is 4.52 Å². The highest BCUT2D eigenvalue weighted by Crippen LogP contribution is 2.24. The molecule has 0 spiro atoms. The molecule has 140 valence electrons. The molecular formula is C21H25N5O. The average molecular weight is 363 g/mol. The van der Waals surface area contributed by atoms with Gasteiger partial charge in [-0.05, 0) is 30.9 Å². The molecule has 27 heavy (non-hydrogen) atoms. The second kappa shape index (κ2) is 8.31. The Hall–Kier alpha value is -2.73. The Balaban J connectivity index is 1.36. The van der Waals surface area contributed by atoms with Gasteiger partial charge in [-0.15, -0.1) is 0 Å². The molecule has 1 aliphatic rings. The van der Waals surface area contributed by atoms with Crippen molar-refractivity contribution in [2.24, 2.45) is 0 Å². The van der Waals surface area contributed by atoms with Crippen LogP contribution >= 0.6 is 0 Å². The van der Waals surface area contributed by atoms with Crippen LogP contribution in [0.25, 0.3) is 11.3 Å². The Morgan fingerprint density at radius 3 is 2.63 bits per heavy atom. The minimum absolute atomic E-state index is 0.679. The predicted octanol–water partition coefficient (Wildman–Crippen LogP) is 3.58. The van der Waals surface area contributed by atoms with Crippen molar-refractivity contribution in [1.29, 1.82) is 0 Å². The molecule has 3 heterocycles. The fraction of sp³-hybridized carbons (Fsp3) is 0.381. The van der Waals surface area contributed by atoms with Crippen molar-refractivity contribution in [3.8, 4) is 11.3 Å². The Bertz CT molecular complexity index is 868. The Morgan fingerprint density at radius 2 is 1.89 bits per heavy atom. The van der Waals surface area contributed by atoms with Gasteiger partial charge in [-0.25, -0.2) is 0 Å². The van der Waals surface area contributed by atoms with E-state index in [0.717, 1.165) is 48.8 Å². The zero-order chi connectivity index (χ0) is 18.5. The number of hydrogen-bond donors (Lipinski definition) is 1. The molecule has 1 fully saturated rings. The maximum absolute atomic E-state index is 5.29. The lowest BCUT2D eigenvalue weighted by Gasteiger charge is -2.17. The minimum atomic E-state index is 0.679. The molecule has 1 aliphatic heterocycles. The first-order valence-corrected chi connectivity index (χ1v) is 9.64.